The number of aliphatic hydroxyl groups excluding tert-OH is 1. The van der Waals surface area contributed by atoms with Gasteiger partial charge in [0.2, 0.25) is 0 Å². The van der Waals surface area contributed by atoms with Crippen molar-refractivity contribution in [2.75, 3.05) is 0 Å². The molecule has 0 saturated heterocycles. The lowest BCUT2D eigenvalue weighted by molar-refractivity contribution is -0.141. The summed E-state index contributed by atoms with van der Waals surface area (Å²) in [5, 5.41) is 29.5. The highest BCUT2D eigenvalue weighted by Gasteiger charge is 2.42. The Labute approximate surface area is 668 Å². The summed E-state index contributed by atoms with van der Waals surface area (Å²) in [6, 6.07) is 32.4. The molecule has 35 heteroatoms. The first-order chi connectivity index (χ1) is 56.1. The lowest BCUT2D eigenvalue weighted by atomic mass is 9.97. The number of rotatable bonds is 22. The molecule has 11 aromatic rings. The molecule has 0 radical (unpaired) electrons. The normalized spacial score (nSPS) is 14.8. The highest BCUT2D eigenvalue weighted by molar-refractivity contribution is 7.90. The number of nitrogens with one attached hydrogen (secondary N) is 3. The van der Waals surface area contributed by atoms with E-state index >= 15 is 0 Å². The molecule has 5 atom stereocenters. The number of hydrogen-bond acceptors (Lipinski definition) is 17. The van der Waals surface area contributed by atoms with Crippen LogP contribution >= 0.6 is 0 Å². The van der Waals surface area contributed by atoms with Crippen LogP contribution in [0.3, 0.4) is 0 Å². The third-order valence-corrected chi connectivity index (χ3v) is 22.2. The average molecular weight is 1660 g/mol. The van der Waals surface area contributed by atoms with Gasteiger partial charge in [0.1, 0.15) is 52.8 Å². The van der Waals surface area contributed by atoms with E-state index in [2.05, 4.69) is 25.9 Å². The van der Waals surface area contributed by atoms with Gasteiger partial charge in [-0.2, -0.15) is 39.5 Å². The number of fused-ring (bicyclic) bond motifs is 3. The Kier molecular flexibility index (Phi) is 22.5. The van der Waals surface area contributed by atoms with Gasteiger partial charge in [-0.3, -0.25) is 28.8 Å². The molecule has 4 aromatic heterocycles. The Morgan fingerprint density at radius 3 is 1.33 bits per heavy atom. The van der Waals surface area contributed by atoms with Gasteiger partial charge in [-0.25, -0.2) is 36.8 Å². The van der Waals surface area contributed by atoms with Gasteiger partial charge in [-0.15, -0.1) is 0 Å². The molecule has 612 valence electrons. The van der Waals surface area contributed by atoms with Crippen molar-refractivity contribution in [3.63, 3.8) is 0 Å². The van der Waals surface area contributed by atoms with Crippen LogP contribution < -0.4 is 47.8 Å². The molecular weight excluding hydrogens is 1590 g/mol. The van der Waals surface area contributed by atoms with Crippen LogP contribution in [0.25, 0.3) is 44.3 Å². The molecule has 7 aromatic carbocycles. The van der Waals surface area contributed by atoms with Crippen LogP contribution in [-0.4, -0.2) is 101 Å². The Hall–Kier alpha value is -13.7. The number of ether oxygens (including phenoxy) is 2. The maximum Gasteiger partial charge on any atom is 0.417 e. The zero-order valence-electron chi connectivity index (χ0n) is 63.2. The number of benzene rings is 7. The van der Waals surface area contributed by atoms with E-state index in [1.165, 1.54) is 188 Å². The van der Waals surface area contributed by atoms with Crippen LogP contribution in [0.1, 0.15) is 84.2 Å². The number of aliphatic hydroxyl groups is 1. The quantitative estimate of drug-likeness (QED) is 0.0209. The average Bonchev–Trinajstić information content (AvgIpc) is 1.68. The van der Waals surface area contributed by atoms with Crippen molar-refractivity contribution in [2.24, 2.45) is 36.9 Å². The summed E-state index contributed by atoms with van der Waals surface area (Å²) in [6.45, 7) is 3.97. The predicted octanol–water partition coefficient (Wildman–Crippen LogP) is 11.3. The number of pyridine rings is 3. The number of esters is 2. The smallest absolute Gasteiger partial charge is 0.417 e. The van der Waals surface area contributed by atoms with Crippen LogP contribution in [0.2, 0.25) is 0 Å². The minimum atomic E-state index is -4.99. The third kappa shape index (κ3) is 16.8. The third-order valence-electron chi connectivity index (χ3n) is 20.5. The fourth-order valence-electron chi connectivity index (χ4n) is 13.9. The lowest BCUT2D eigenvalue weighted by Crippen LogP contribution is -2.48. The molecule has 2 aliphatic heterocycles. The summed E-state index contributed by atoms with van der Waals surface area (Å²) in [6.07, 6.45) is -18.2. The molecule has 5 unspecified atom stereocenters. The topological polar surface area (TPSA) is 353 Å². The minimum absolute atomic E-state index is 0.00378. The maximum atomic E-state index is 14.8. The van der Waals surface area contributed by atoms with Crippen molar-refractivity contribution >= 4 is 79.4 Å². The zero-order valence-corrected chi connectivity index (χ0v) is 64.0. The fourth-order valence-corrected chi connectivity index (χ4v) is 15.4. The monoisotopic (exact) mass is 1660 g/mol. The summed E-state index contributed by atoms with van der Waals surface area (Å²) in [7, 11) is -0.676. The standard InChI is InChI=1S/C84H67F9N10O15S/c1-41-32-56(82(85,86)87)66(76(108)100(41)4)47-22-16-44(17-23-47)35-61(79(111)112)97-75(107)71-72(104)55-39-51(29-31-59(55)95-71)117-81(114)63(37-46-20-26-49(27-21-46)68-58(84(91,92)93)34-43(3)102(6)78(68)110)99-74(106)70-69(94)54-30-28-52(40-60(54)96-70)118-80(113)62(36-45-18-24-48(25-19-45)67-57(83(88,89)90)33-42(2)101(5)77(67)109)98-73(105)65-38-50-12-10-11-15-64(50)103(65)119(115,116)53-13-8-7-9-14-53/h7-34,38-40,61-63,69,72,104H,35-37,94H2,1-6H3,(H,97,107)(H,98,105)(H,99,106)(H,111,112). The van der Waals surface area contributed by atoms with Gasteiger partial charge in [0.05, 0.1) is 61.2 Å². The van der Waals surface area contributed by atoms with Crippen LogP contribution in [0.4, 0.5) is 50.9 Å². The molecule has 7 N–H and O–H groups in total. The van der Waals surface area contributed by atoms with E-state index in [4.69, 9.17) is 15.2 Å². The highest BCUT2D eigenvalue weighted by Crippen LogP contribution is 2.42. The molecule has 2 aliphatic rings. The Morgan fingerprint density at radius 1 is 0.479 bits per heavy atom. The van der Waals surface area contributed by atoms with Crippen molar-refractivity contribution in [2.45, 2.75) is 93.7 Å². The van der Waals surface area contributed by atoms with E-state index in [0.29, 0.717) is 5.39 Å². The first-order valence-corrected chi connectivity index (χ1v) is 37.5. The van der Waals surface area contributed by atoms with E-state index < -0.39 is 181 Å². The second-order valence-electron chi connectivity index (χ2n) is 28.3. The van der Waals surface area contributed by atoms with Gasteiger partial charge >= 0.3 is 36.4 Å². The summed E-state index contributed by atoms with van der Waals surface area (Å²) in [4.78, 5) is 134. The molecule has 119 heavy (non-hydrogen) atoms. The van der Waals surface area contributed by atoms with Gasteiger partial charge in [0.15, 0.2) is 0 Å². The zero-order chi connectivity index (χ0) is 86.0. The number of nitrogens with two attached hydrogens (primary N) is 1. The molecule has 0 saturated carbocycles. The predicted molar refractivity (Wildman–Crippen MR) is 416 cm³/mol. The van der Waals surface area contributed by atoms with Crippen molar-refractivity contribution in [3.8, 4) is 44.9 Å². The number of carboxylic acid groups (broad SMARTS) is 1. The number of aryl methyl sites for hydroxylation is 3. The van der Waals surface area contributed by atoms with Crippen LogP contribution in [0.5, 0.6) is 11.5 Å². The van der Waals surface area contributed by atoms with E-state index in [0.717, 1.165) is 41.9 Å². The molecule has 6 heterocycles. The Bertz CT molecular complexity index is 6400. The SMILES string of the molecule is Cc1cc(C(F)(F)F)c(-c2ccc(CC(NC(=O)C3=Nc4ccc(OC(=O)C(Cc5ccc(-c6c(C(F)(F)F)cc(C)n(C)c6=O)cc5)NC(=O)C5=Nc6cc(OC(=O)C(Cc7ccc(-c8c(C(F)(F)F)cc(C)n(C)c8=O)cc7)NC(=O)c7cc8ccccc8n7S(=O)(=O)c7ccccc7)ccc6C5N)cc4C3O)C(=O)O)cc2)c(=O)n1C. The number of para-hydroxylation sites is 1. The number of carbonyl (C=O) groups excluding carboxylic acids is 5. The van der Waals surface area contributed by atoms with Crippen LogP contribution in [0, 0.1) is 20.8 Å². The first kappa shape index (κ1) is 83.3. The van der Waals surface area contributed by atoms with Gasteiger partial charge in [0, 0.05) is 80.1 Å². The first-order valence-electron chi connectivity index (χ1n) is 36.1. The van der Waals surface area contributed by atoms with Crippen molar-refractivity contribution in [1.29, 1.82) is 0 Å². The number of aliphatic imine (C=N–C) groups is 2. The summed E-state index contributed by atoms with van der Waals surface area (Å²) >= 11 is 0. The molecule has 3 amide bonds. The number of nitrogens with zero attached hydrogens (tertiary/aromatic N) is 6. The van der Waals surface area contributed by atoms with Crippen molar-refractivity contribution in [1.82, 2.24) is 33.6 Å². The number of carboxylic acids is 1. The second kappa shape index (κ2) is 32.1. The highest BCUT2D eigenvalue weighted by atomic mass is 32.2. The van der Waals surface area contributed by atoms with E-state index in [9.17, 15) is 101 Å². The minimum Gasteiger partial charge on any atom is -0.480 e. The lowest BCUT2D eigenvalue weighted by Gasteiger charge is -2.20. The maximum absolute atomic E-state index is 14.8. The van der Waals surface area contributed by atoms with E-state index in [1.807, 2.05) is 0 Å². The van der Waals surface area contributed by atoms with E-state index in [1.54, 1.807) is 18.2 Å². The molecule has 13 rings (SSSR count). The molecule has 0 spiro atoms. The van der Waals surface area contributed by atoms with E-state index in [-0.39, 0.29) is 94.9 Å². The second-order valence-corrected chi connectivity index (χ2v) is 30.0. The number of carbonyl (C=O) groups is 6. The fraction of sp³-hybridized carbons (Fsp3) is 0.202. The van der Waals surface area contributed by atoms with Crippen LogP contribution in [0.15, 0.2) is 217 Å². The Balaban J connectivity index is 0.762. The summed E-state index contributed by atoms with van der Waals surface area (Å²) < 4.78 is 174. The molecule has 0 fully saturated rings. The van der Waals surface area contributed by atoms with Crippen molar-refractivity contribution < 1.29 is 96.4 Å². The molecule has 25 nitrogen and oxygen atoms in total. The van der Waals surface area contributed by atoms with Crippen LogP contribution in [-0.2, 0) is 92.9 Å². The Morgan fingerprint density at radius 2 is 0.874 bits per heavy atom. The number of halogens is 9. The number of amides is 3. The number of aromatic nitrogens is 4. The van der Waals surface area contributed by atoms with Gasteiger partial charge in [-0.05, 0) is 121 Å². The number of alkyl halides is 9. The van der Waals surface area contributed by atoms with Gasteiger partial charge in [-0.1, -0.05) is 115 Å². The number of hydrogen-bond donors (Lipinski definition) is 6. The summed E-state index contributed by atoms with van der Waals surface area (Å²) in [5.74, 6) is -8.10. The number of aliphatic carboxylic acids is 1. The summed E-state index contributed by atoms with van der Waals surface area (Å²) in [5.41, 5.74) is -3.39. The van der Waals surface area contributed by atoms with Gasteiger partial charge in [0.25, 0.3) is 44.4 Å². The largest absolute Gasteiger partial charge is 0.480 e. The van der Waals surface area contributed by atoms with Crippen molar-refractivity contribution in [3.05, 3.63) is 286 Å². The molecule has 0 aliphatic carbocycles. The molecule has 0 bridgehead atoms. The molecular formula is C84H67F9N10O15S. The van der Waals surface area contributed by atoms with Gasteiger partial charge < -0.3 is 55.1 Å².